The maximum atomic E-state index is 12.8. The minimum absolute atomic E-state index is 0.0157. The van der Waals surface area contributed by atoms with E-state index in [4.69, 9.17) is 5.73 Å². The van der Waals surface area contributed by atoms with Gasteiger partial charge in [0, 0.05) is 6.54 Å². The molecular formula is C8H9F4N. The molecule has 0 aromatic rings. The zero-order valence-corrected chi connectivity index (χ0v) is 6.79. The van der Waals surface area contributed by atoms with Crippen LogP contribution in [-0.2, 0) is 0 Å². The van der Waals surface area contributed by atoms with Crippen LogP contribution in [0.15, 0.2) is 23.0 Å². The van der Waals surface area contributed by atoms with Crippen molar-refractivity contribution >= 4 is 0 Å². The van der Waals surface area contributed by atoms with Crippen molar-refractivity contribution in [2.75, 3.05) is 6.54 Å². The van der Waals surface area contributed by atoms with Crippen molar-refractivity contribution in [3.8, 4) is 0 Å². The lowest BCUT2D eigenvalue weighted by molar-refractivity contribution is -0.127. The minimum atomic E-state index is -4.34. The normalized spacial score (nSPS) is 18.1. The summed E-state index contributed by atoms with van der Waals surface area (Å²) in [5, 5.41) is 0. The second-order valence-corrected chi connectivity index (χ2v) is 2.93. The van der Waals surface area contributed by atoms with E-state index in [1.807, 2.05) is 0 Å². The van der Waals surface area contributed by atoms with Gasteiger partial charge in [-0.15, -0.1) is 0 Å². The molecule has 0 radical (unpaired) electrons. The third kappa shape index (κ3) is 2.84. The largest absolute Gasteiger partial charge is 0.392 e. The predicted octanol–water partition coefficient (Wildman–Crippen LogP) is 2.45. The van der Waals surface area contributed by atoms with Crippen molar-refractivity contribution in [3.63, 3.8) is 0 Å². The molecule has 0 aliphatic heterocycles. The maximum Gasteiger partial charge on any atom is 0.392 e. The van der Waals surface area contributed by atoms with Gasteiger partial charge in [0.15, 0.2) is 0 Å². The van der Waals surface area contributed by atoms with Gasteiger partial charge in [-0.05, 0) is 23.6 Å². The zero-order valence-electron chi connectivity index (χ0n) is 6.79. The van der Waals surface area contributed by atoms with Gasteiger partial charge in [-0.1, -0.05) is 0 Å². The first-order chi connectivity index (χ1) is 5.92. The van der Waals surface area contributed by atoms with Gasteiger partial charge >= 0.3 is 6.18 Å². The summed E-state index contributed by atoms with van der Waals surface area (Å²) in [6.45, 7) is 0.106. The third-order valence-corrected chi connectivity index (χ3v) is 1.79. The molecule has 0 saturated heterocycles. The van der Waals surface area contributed by atoms with Crippen molar-refractivity contribution in [3.05, 3.63) is 23.0 Å². The molecule has 5 heteroatoms. The lowest BCUT2D eigenvalue weighted by Gasteiger charge is -2.07. The Morgan fingerprint density at radius 1 is 1.38 bits per heavy atom. The fraction of sp³-hybridized carbons (Fsp3) is 0.500. The number of alkyl halides is 3. The lowest BCUT2D eigenvalue weighted by Crippen LogP contribution is -2.09. The molecule has 13 heavy (non-hydrogen) atoms. The quantitative estimate of drug-likeness (QED) is 0.673. The summed E-state index contributed by atoms with van der Waals surface area (Å²) in [5.41, 5.74) is 5.48. The highest BCUT2D eigenvalue weighted by Gasteiger charge is 2.31. The number of halogens is 4. The number of hydrogen-bond acceptors (Lipinski definition) is 1. The zero-order chi connectivity index (χ0) is 10.1. The molecule has 0 spiro atoms. The van der Waals surface area contributed by atoms with Gasteiger partial charge in [0.05, 0.1) is 6.42 Å². The van der Waals surface area contributed by atoms with E-state index in [-0.39, 0.29) is 18.5 Å². The average Bonchev–Trinajstić information content (AvgIpc) is 2.29. The van der Waals surface area contributed by atoms with E-state index in [0.29, 0.717) is 5.57 Å². The third-order valence-electron chi connectivity index (χ3n) is 1.79. The van der Waals surface area contributed by atoms with Crippen LogP contribution in [0.1, 0.15) is 12.8 Å². The Bertz CT molecular complexity index is 262. The Balaban J connectivity index is 2.62. The molecule has 1 aliphatic rings. The Morgan fingerprint density at radius 2 is 2.00 bits per heavy atom. The molecule has 0 atom stereocenters. The van der Waals surface area contributed by atoms with Crippen molar-refractivity contribution in [1.29, 1.82) is 0 Å². The summed E-state index contributed by atoms with van der Waals surface area (Å²) in [5.74, 6) is -0.780. The molecule has 0 saturated carbocycles. The highest BCUT2D eigenvalue weighted by Crippen LogP contribution is 2.34. The first kappa shape index (κ1) is 10.2. The molecule has 0 heterocycles. The summed E-state index contributed by atoms with van der Waals surface area (Å²) in [4.78, 5) is 0. The first-order valence-electron chi connectivity index (χ1n) is 3.76. The molecule has 1 aliphatic carbocycles. The Hall–Kier alpha value is -0.840. The van der Waals surface area contributed by atoms with E-state index in [1.165, 1.54) is 0 Å². The number of nitrogens with two attached hydrogens (primary N) is 1. The van der Waals surface area contributed by atoms with Crippen LogP contribution in [0.5, 0.6) is 0 Å². The second-order valence-electron chi connectivity index (χ2n) is 2.93. The first-order valence-corrected chi connectivity index (χ1v) is 3.76. The Labute approximate surface area is 72.9 Å². The predicted molar refractivity (Wildman–Crippen MR) is 40.6 cm³/mol. The number of hydrogen-bond donors (Lipinski definition) is 1. The summed E-state index contributed by atoms with van der Waals surface area (Å²) in [6.07, 6.45) is -4.42. The van der Waals surface area contributed by atoms with Gasteiger partial charge in [0.25, 0.3) is 0 Å². The van der Waals surface area contributed by atoms with Crippen molar-refractivity contribution in [2.24, 2.45) is 5.73 Å². The van der Waals surface area contributed by atoms with Crippen LogP contribution >= 0.6 is 0 Å². The molecule has 1 rings (SSSR count). The summed E-state index contributed by atoms with van der Waals surface area (Å²) >= 11 is 0. The summed E-state index contributed by atoms with van der Waals surface area (Å²) in [7, 11) is 0. The monoisotopic (exact) mass is 195 g/mol. The topological polar surface area (TPSA) is 26.0 Å². The van der Waals surface area contributed by atoms with E-state index >= 15 is 0 Å². The Morgan fingerprint density at radius 3 is 2.38 bits per heavy atom. The molecule has 0 unspecified atom stereocenters. The molecule has 0 amide bonds. The average molecular weight is 195 g/mol. The van der Waals surface area contributed by atoms with Crippen LogP contribution in [0, 0.1) is 0 Å². The van der Waals surface area contributed by atoms with Crippen LogP contribution in [0.25, 0.3) is 0 Å². The van der Waals surface area contributed by atoms with Gasteiger partial charge in [-0.25, -0.2) is 4.39 Å². The van der Waals surface area contributed by atoms with E-state index in [0.717, 1.165) is 6.08 Å². The van der Waals surface area contributed by atoms with Crippen molar-refractivity contribution in [2.45, 2.75) is 19.0 Å². The van der Waals surface area contributed by atoms with Gasteiger partial charge in [-0.2, -0.15) is 13.2 Å². The summed E-state index contributed by atoms with van der Waals surface area (Å²) < 4.78 is 48.4. The summed E-state index contributed by atoms with van der Waals surface area (Å²) in [6, 6.07) is 0. The van der Waals surface area contributed by atoms with Gasteiger partial charge in [0.1, 0.15) is 5.83 Å². The highest BCUT2D eigenvalue weighted by molar-refractivity contribution is 5.36. The van der Waals surface area contributed by atoms with Crippen LogP contribution < -0.4 is 5.73 Å². The molecule has 0 bridgehead atoms. The maximum absolute atomic E-state index is 12.8. The van der Waals surface area contributed by atoms with Crippen molar-refractivity contribution < 1.29 is 17.6 Å². The molecule has 0 fully saturated rings. The van der Waals surface area contributed by atoms with Crippen LogP contribution in [-0.4, -0.2) is 12.7 Å². The van der Waals surface area contributed by atoms with Crippen LogP contribution in [0.3, 0.4) is 0 Å². The second kappa shape index (κ2) is 3.49. The van der Waals surface area contributed by atoms with E-state index < -0.39 is 18.4 Å². The fourth-order valence-electron chi connectivity index (χ4n) is 1.21. The van der Waals surface area contributed by atoms with Gasteiger partial charge < -0.3 is 5.73 Å². The molecule has 0 aromatic heterocycles. The lowest BCUT2D eigenvalue weighted by atomic mass is 10.1. The standard InChI is InChI=1S/C8H9F4N/c9-7-2-5(4-13)1-6(7)3-8(10,11)12/h2H,1,3-4,13H2. The molecule has 74 valence electrons. The van der Waals surface area contributed by atoms with E-state index in [9.17, 15) is 17.6 Å². The Kier molecular flexibility index (Phi) is 2.75. The smallest absolute Gasteiger partial charge is 0.327 e. The van der Waals surface area contributed by atoms with Crippen molar-refractivity contribution in [1.82, 2.24) is 0 Å². The molecule has 1 nitrogen and oxygen atoms in total. The molecule has 2 N–H and O–H groups in total. The SMILES string of the molecule is NCC1=CC(F)=C(CC(F)(F)F)C1. The molecule has 0 aromatic carbocycles. The fourth-order valence-corrected chi connectivity index (χ4v) is 1.21. The van der Waals surface area contributed by atoms with Gasteiger partial charge in [-0.3, -0.25) is 0 Å². The van der Waals surface area contributed by atoms with Crippen LogP contribution in [0.4, 0.5) is 17.6 Å². The highest BCUT2D eigenvalue weighted by atomic mass is 19.4. The minimum Gasteiger partial charge on any atom is -0.327 e. The van der Waals surface area contributed by atoms with E-state index in [2.05, 4.69) is 0 Å². The number of rotatable bonds is 2. The van der Waals surface area contributed by atoms with E-state index in [1.54, 1.807) is 0 Å². The van der Waals surface area contributed by atoms with Crippen LogP contribution in [0.2, 0.25) is 0 Å². The number of allylic oxidation sites excluding steroid dienone is 3. The van der Waals surface area contributed by atoms with Gasteiger partial charge in [0.2, 0.25) is 0 Å². The molecular weight excluding hydrogens is 186 g/mol.